The maximum atomic E-state index is 6.10. The van der Waals surface area contributed by atoms with Crippen molar-refractivity contribution >= 4 is 0 Å². The Balaban J connectivity index is 2.38. The fourth-order valence-electron chi connectivity index (χ4n) is 2.42. The Hall–Kier alpha value is -0.0800. The molecule has 2 heteroatoms. The van der Waals surface area contributed by atoms with Gasteiger partial charge in [0.25, 0.3) is 0 Å². The maximum Gasteiger partial charge on any atom is 0.0624 e. The van der Waals surface area contributed by atoms with E-state index < -0.39 is 0 Å². The van der Waals surface area contributed by atoms with E-state index in [1.807, 2.05) is 0 Å². The molecule has 0 radical (unpaired) electrons. The van der Waals surface area contributed by atoms with Gasteiger partial charge in [-0.15, -0.1) is 0 Å². The monoisotopic (exact) mass is 270 g/mol. The van der Waals surface area contributed by atoms with Gasteiger partial charge in [-0.2, -0.15) is 0 Å². The Morgan fingerprint density at radius 3 is 1.47 bits per heavy atom. The van der Waals surface area contributed by atoms with Crippen molar-refractivity contribution in [3.63, 3.8) is 0 Å². The van der Waals surface area contributed by atoms with Gasteiger partial charge < -0.3 is 9.47 Å². The highest BCUT2D eigenvalue weighted by atomic mass is 16.5. The van der Waals surface area contributed by atoms with Crippen molar-refractivity contribution in [2.24, 2.45) is 11.8 Å². The summed E-state index contributed by atoms with van der Waals surface area (Å²) in [4.78, 5) is 0. The van der Waals surface area contributed by atoms with Crippen molar-refractivity contribution < 1.29 is 9.47 Å². The van der Waals surface area contributed by atoms with E-state index in [4.69, 9.17) is 9.47 Å². The third-order valence-corrected chi connectivity index (χ3v) is 4.90. The van der Waals surface area contributed by atoms with Crippen LogP contribution in [0.3, 0.4) is 0 Å². The highest BCUT2D eigenvalue weighted by Gasteiger charge is 2.31. The molecular weight excluding hydrogens is 236 g/mol. The van der Waals surface area contributed by atoms with Crippen molar-refractivity contribution in [3.8, 4) is 0 Å². The van der Waals surface area contributed by atoms with Gasteiger partial charge in [-0.25, -0.2) is 0 Å². The summed E-state index contributed by atoms with van der Waals surface area (Å²) >= 11 is 0. The van der Waals surface area contributed by atoms with Crippen LogP contribution in [0.5, 0.6) is 0 Å². The number of hydrogen-bond donors (Lipinski definition) is 0. The molecule has 0 bridgehead atoms. The molecule has 0 aromatic rings. The second kappa shape index (κ2) is 7.08. The van der Waals surface area contributed by atoms with Crippen LogP contribution in [-0.2, 0) is 9.47 Å². The topological polar surface area (TPSA) is 18.5 Å². The zero-order valence-corrected chi connectivity index (χ0v) is 13.9. The average molecular weight is 270 g/mol. The van der Waals surface area contributed by atoms with Gasteiger partial charge in [0.1, 0.15) is 0 Å². The molecule has 0 aromatic carbocycles. The Labute approximate surface area is 120 Å². The summed E-state index contributed by atoms with van der Waals surface area (Å²) in [6.07, 6.45) is 6.09. The lowest BCUT2D eigenvalue weighted by atomic mass is 9.96. The minimum Gasteiger partial charge on any atom is -0.375 e. The molecule has 1 fully saturated rings. The predicted molar refractivity (Wildman–Crippen MR) is 81.5 cm³/mol. The Morgan fingerprint density at radius 2 is 1.16 bits per heavy atom. The first-order valence-electron chi connectivity index (χ1n) is 8.07. The molecule has 1 rings (SSSR count). The predicted octanol–water partition coefficient (Wildman–Crippen LogP) is 4.81. The normalized spacial score (nSPS) is 24.9. The van der Waals surface area contributed by atoms with Crippen LogP contribution in [0.1, 0.15) is 73.6 Å². The minimum absolute atomic E-state index is 0.0245. The lowest BCUT2D eigenvalue weighted by molar-refractivity contribution is -0.0704. The van der Waals surface area contributed by atoms with E-state index in [0.29, 0.717) is 11.8 Å². The Bertz CT molecular complexity index is 232. The molecule has 0 amide bonds. The van der Waals surface area contributed by atoms with E-state index in [2.05, 4.69) is 41.5 Å². The molecule has 1 aliphatic carbocycles. The summed E-state index contributed by atoms with van der Waals surface area (Å²) in [5.41, 5.74) is 0.0490. The van der Waals surface area contributed by atoms with Crippen LogP contribution in [0.2, 0.25) is 0 Å². The molecule has 2 atom stereocenters. The van der Waals surface area contributed by atoms with E-state index in [0.717, 1.165) is 26.1 Å². The van der Waals surface area contributed by atoms with E-state index in [9.17, 15) is 0 Å². The summed E-state index contributed by atoms with van der Waals surface area (Å²) in [5.74, 6) is 1.39. The van der Waals surface area contributed by atoms with Gasteiger partial charge in [-0.1, -0.05) is 20.3 Å². The quantitative estimate of drug-likeness (QED) is 0.630. The Morgan fingerprint density at radius 1 is 0.789 bits per heavy atom. The smallest absolute Gasteiger partial charge is 0.0624 e. The molecule has 19 heavy (non-hydrogen) atoms. The number of ether oxygens (including phenoxy) is 2. The van der Waals surface area contributed by atoms with E-state index in [1.54, 1.807) is 0 Å². The zero-order chi connectivity index (χ0) is 14.5. The average Bonchev–Trinajstić information content (AvgIpc) is 2.82. The first-order chi connectivity index (χ1) is 8.79. The molecule has 2 unspecified atom stereocenters. The summed E-state index contributed by atoms with van der Waals surface area (Å²) in [7, 11) is 0. The molecule has 0 aliphatic heterocycles. The van der Waals surface area contributed by atoms with Crippen LogP contribution in [0.25, 0.3) is 0 Å². The molecule has 0 spiro atoms. The standard InChI is InChI=1S/C17H34O2/c1-7-16(3,4)18-12-14-10-9-11-15(14)13-19-17(5,6)8-2/h14-15H,7-13H2,1-6H3. The summed E-state index contributed by atoms with van der Waals surface area (Å²) < 4.78 is 12.2. The van der Waals surface area contributed by atoms with Crippen molar-refractivity contribution in [3.05, 3.63) is 0 Å². The largest absolute Gasteiger partial charge is 0.375 e. The molecule has 114 valence electrons. The summed E-state index contributed by atoms with van der Waals surface area (Å²) in [6, 6.07) is 0. The first kappa shape index (κ1) is 17.0. The highest BCUT2D eigenvalue weighted by molar-refractivity contribution is 4.80. The summed E-state index contributed by atoms with van der Waals surface area (Å²) in [5, 5.41) is 0. The molecule has 1 aliphatic rings. The third-order valence-electron chi connectivity index (χ3n) is 4.90. The van der Waals surface area contributed by atoms with E-state index in [1.165, 1.54) is 19.3 Å². The van der Waals surface area contributed by atoms with Gasteiger partial charge in [-0.3, -0.25) is 0 Å². The summed E-state index contributed by atoms with van der Waals surface area (Å²) in [6.45, 7) is 14.9. The Kier molecular flexibility index (Phi) is 6.32. The maximum absolute atomic E-state index is 6.10. The van der Waals surface area contributed by atoms with Gasteiger partial charge in [0.2, 0.25) is 0 Å². The van der Waals surface area contributed by atoms with Gasteiger partial charge >= 0.3 is 0 Å². The van der Waals surface area contributed by atoms with Crippen LogP contribution in [0.4, 0.5) is 0 Å². The molecule has 0 aromatic heterocycles. The van der Waals surface area contributed by atoms with Gasteiger partial charge in [0, 0.05) is 0 Å². The van der Waals surface area contributed by atoms with Crippen LogP contribution in [0.15, 0.2) is 0 Å². The molecule has 2 nitrogen and oxygen atoms in total. The van der Waals surface area contributed by atoms with Gasteiger partial charge in [0.05, 0.1) is 24.4 Å². The van der Waals surface area contributed by atoms with Crippen LogP contribution < -0.4 is 0 Å². The fraction of sp³-hybridized carbons (Fsp3) is 1.00. The van der Waals surface area contributed by atoms with Crippen molar-refractivity contribution in [1.29, 1.82) is 0 Å². The molecule has 0 saturated heterocycles. The van der Waals surface area contributed by atoms with Crippen LogP contribution in [0, 0.1) is 11.8 Å². The van der Waals surface area contributed by atoms with Crippen LogP contribution in [-0.4, -0.2) is 24.4 Å². The molecule has 0 heterocycles. The van der Waals surface area contributed by atoms with Gasteiger partial charge in [0.15, 0.2) is 0 Å². The second-order valence-corrected chi connectivity index (χ2v) is 7.30. The van der Waals surface area contributed by atoms with Crippen molar-refractivity contribution in [1.82, 2.24) is 0 Å². The third kappa shape index (κ3) is 5.83. The number of rotatable bonds is 8. The first-order valence-corrected chi connectivity index (χ1v) is 8.07. The van der Waals surface area contributed by atoms with Crippen molar-refractivity contribution in [2.45, 2.75) is 84.8 Å². The molecular formula is C17H34O2. The minimum atomic E-state index is 0.0245. The lowest BCUT2D eigenvalue weighted by Gasteiger charge is -2.30. The van der Waals surface area contributed by atoms with Gasteiger partial charge in [-0.05, 0) is 65.2 Å². The van der Waals surface area contributed by atoms with Crippen LogP contribution >= 0.6 is 0 Å². The number of hydrogen-bond acceptors (Lipinski definition) is 2. The van der Waals surface area contributed by atoms with E-state index in [-0.39, 0.29) is 11.2 Å². The van der Waals surface area contributed by atoms with Crippen molar-refractivity contribution in [2.75, 3.05) is 13.2 Å². The highest BCUT2D eigenvalue weighted by Crippen LogP contribution is 2.34. The fourth-order valence-corrected chi connectivity index (χ4v) is 2.42. The SMILES string of the molecule is CCC(C)(C)OCC1CCCC1COC(C)(C)CC. The lowest BCUT2D eigenvalue weighted by Crippen LogP contribution is -2.31. The zero-order valence-electron chi connectivity index (χ0n) is 13.9. The second-order valence-electron chi connectivity index (χ2n) is 7.30. The molecule has 0 N–H and O–H groups in total. The van der Waals surface area contributed by atoms with E-state index >= 15 is 0 Å². The molecule has 1 saturated carbocycles.